The first-order valence-corrected chi connectivity index (χ1v) is 6.57. The third kappa shape index (κ3) is 3.04. The van der Waals surface area contributed by atoms with Gasteiger partial charge in [-0.3, -0.25) is 0 Å². The lowest BCUT2D eigenvalue weighted by molar-refractivity contribution is 0.280. The highest BCUT2D eigenvalue weighted by molar-refractivity contribution is 5.51. The summed E-state index contributed by atoms with van der Waals surface area (Å²) in [6.07, 6.45) is 0.876. The monoisotopic (exact) mass is 270 g/mol. The summed E-state index contributed by atoms with van der Waals surface area (Å²) in [6.45, 7) is 3.96. The van der Waals surface area contributed by atoms with Crippen molar-refractivity contribution in [1.29, 1.82) is 0 Å². The molecule has 1 saturated heterocycles. The van der Waals surface area contributed by atoms with E-state index in [-0.39, 0.29) is 23.9 Å². The van der Waals surface area contributed by atoms with Crippen molar-refractivity contribution in [3.8, 4) is 0 Å². The van der Waals surface area contributed by atoms with Gasteiger partial charge in [0.15, 0.2) is 0 Å². The molecule has 1 aromatic rings. The van der Waals surface area contributed by atoms with Crippen molar-refractivity contribution in [3.05, 3.63) is 29.3 Å². The molecule has 19 heavy (non-hydrogen) atoms. The molecule has 1 fully saturated rings. The predicted molar refractivity (Wildman–Crippen MR) is 71.2 cm³/mol. The zero-order valence-corrected chi connectivity index (χ0v) is 11.4. The third-order valence-corrected chi connectivity index (χ3v) is 3.59. The summed E-state index contributed by atoms with van der Waals surface area (Å²) in [6, 6.07) is 2.47. The zero-order valence-electron chi connectivity index (χ0n) is 11.4. The van der Waals surface area contributed by atoms with Crippen molar-refractivity contribution in [2.24, 2.45) is 0 Å². The van der Waals surface area contributed by atoms with Crippen molar-refractivity contribution >= 4 is 5.69 Å². The van der Waals surface area contributed by atoms with Crippen LogP contribution in [0.5, 0.6) is 0 Å². The summed E-state index contributed by atoms with van der Waals surface area (Å²) in [4.78, 5) is 3.96. The van der Waals surface area contributed by atoms with Crippen LogP contribution in [0.4, 0.5) is 14.5 Å². The fourth-order valence-corrected chi connectivity index (χ4v) is 2.69. The van der Waals surface area contributed by atoms with E-state index in [9.17, 15) is 8.78 Å². The molecule has 0 amide bonds. The van der Waals surface area contributed by atoms with Crippen LogP contribution in [-0.4, -0.2) is 42.7 Å². The van der Waals surface area contributed by atoms with E-state index in [1.54, 1.807) is 4.90 Å². The van der Waals surface area contributed by atoms with Gasteiger partial charge in [0, 0.05) is 19.1 Å². The van der Waals surface area contributed by atoms with Crippen LogP contribution in [0.1, 0.15) is 18.9 Å². The van der Waals surface area contributed by atoms with E-state index < -0.39 is 11.6 Å². The molecule has 0 saturated carbocycles. The topological polar surface area (TPSA) is 26.7 Å². The second kappa shape index (κ2) is 5.84. The highest BCUT2D eigenvalue weighted by Crippen LogP contribution is 2.28. The SMILES string of the molecule is CC1CN(C)CCCN1c1c(F)cc(CO)cc1F. The number of hydrogen-bond donors (Lipinski definition) is 1. The molecule has 1 N–H and O–H groups in total. The fourth-order valence-electron chi connectivity index (χ4n) is 2.69. The molecule has 3 nitrogen and oxygen atoms in total. The molecule has 1 aliphatic heterocycles. The Morgan fingerprint density at radius 3 is 2.47 bits per heavy atom. The Bertz CT molecular complexity index is 430. The Morgan fingerprint density at radius 2 is 1.89 bits per heavy atom. The maximum absolute atomic E-state index is 14.1. The molecular formula is C14H20F2N2O. The Kier molecular flexibility index (Phi) is 4.37. The lowest BCUT2D eigenvalue weighted by atomic mass is 10.1. The molecule has 0 aliphatic carbocycles. The number of benzene rings is 1. The maximum Gasteiger partial charge on any atom is 0.149 e. The fraction of sp³-hybridized carbons (Fsp3) is 0.571. The van der Waals surface area contributed by atoms with Gasteiger partial charge in [-0.1, -0.05) is 0 Å². The van der Waals surface area contributed by atoms with Crippen molar-refractivity contribution in [2.45, 2.75) is 26.0 Å². The zero-order chi connectivity index (χ0) is 14.0. The van der Waals surface area contributed by atoms with Crippen LogP contribution >= 0.6 is 0 Å². The molecule has 1 unspecified atom stereocenters. The summed E-state index contributed by atoms with van der Waals surface area (Å²) >= 11 is 0. The second-order valence-electron chi connectivity index (χ2n) is 5.22. The first kappa shape index (κ1) is 14.2. The molecule has 1 aromatic carbocycles. The molecule has 0 spiro atoms. The van der Waals surface area contributed by atoms with E-state index in [1.807, 2.05) is 14.0 Å². The van der Waals surface area contributed by atoms with Crippen LogP contribution in [0.25, 0.3) is 0 Å². The van der Waals surface area contributed by atoms with Crippen LogP contribution in [-0.2, 0) is 6.61 Å². The van der Waals surface area contributed by atoms with Crippen LogP contribution in [0.2, 0.25) is 0 Å². The number of aliphatic hydroxyl groups excluding tert-OH is 1. The number of halogens is 2. The lowest BCUT2D eigenvalue weighted by Gasteiger charge is -2.30. The summed E-state index contributed by atoms with van der Waals surface area (Å²) in [5, 5.41) is 8.97. The van der Waals surface area contributed by atoms with E-state index in [1.165, 1.54) is 12.1 Å². The number of nitrogens with zero attached hydrogens (tertiary/aromatic N) is 2. The Balaban J connectivity index is 2.35. The van der Waals surface area contributed by atoms with Crippen molar-refractivity contribution in [3.63, 3.8) is 0 Å². The first-order valence-electron chi connectivity index (χ1n) is 6.57. The molecular weight excluding hydrogens is 250 g/mol. The molecule has 1 aliphatic rings. The Hall–Kier alpha value is -1.20. The standard InChI is InChI=1S/C14H20F2N2O/c1-10-8-17(2)4-3-5-18(10)14-12(15)6-11(9-19)7-13(14)16/h6-7,10,19H,3-5,8-9H2,1-2H3. The van der Waals surface area contributed by atoms with Gasteiger partial charge in [0.1, 0.15) is 17.3 Å². The van der Waals surface area contributed by atoms with E-state index in [2.05, 4.69) is 4.90 Å². The van der Waals surface area contributed by atoms with Gasteiger partial charge in [0.2, 0.25) is 0 Å². The normalized spacial score (nSPS) is 21.5. The van der Waals surface area contributed by atoms with E-state index in [0.717, 1.165) is 19.5 Å². The third-order valence-electron chi connectivity index (χ3n) is 3.59. The van der Waals surface area contributed by atoms with Crippen LogP contribution in [0, 0.1) is 11.6 Å². The van der Waals surface area contributed by atoms with Crippen molar-refractivity contribution < 1.29 is 13.9 Å². The van der Waals surface area contributed by atoms with Gasteiger partial charge in [-0.2, -0.15) is 0 Å². The van der Waals surface area contributed by atoms with Gasteiger partial charge in [-0.25, -0.2) is 8.78 Å². The first-order chi connectivity index (χ1) is 9.02. The number of aliphatic hydroxyl groups is 1. The predicted octanol–water partition coefficient (Wildman–Crippen LogP) is 1.99. The van der Waals surface area contributed by atoms with E-state index in [0.29, 0.717) is 6.54 Å². The molecule has 1 heterocycles. The molecule has 0 bridgehead atoms. The van der Waals surface area contributed by atoms with Gasteiger partial charge in [-0.15, -0.1) is 0 Å². The minimum atomic E-state index is -0.597. The largest absolute Gasteiger partial charge is 0.392 e. The van der Waals surface area contributed by atoms with Gasteiger partial charge in [0.05, 0.1) is 6.61 Å². The molecule has 0 radical (unpaired) electrons. The van der Waals surface area contributed by atoms with Gasteiger partial charge < -0.3 is 14.9 Å². The quantitative estimate of drug-likeness (QED) is 0.890. The van der Waals surface area contributed by atoms with E-state index in [4.69, 9.17) is 5.11 Å². The number of hydrogen-bond acceptors (Lipinski definition) is 3. The summed E-state index contributed by atoms with van der Waals surface area (Å²) in [7, 11) is 2.02. The van der Waals surface area contributed by atoms with Crippen LogP contribution in [0.15, 0.2) is 12.1 Å². The summed E-state index contributed by atoms with van der Waals surface area (Å²) < 4.78 is 28.2. The van der Waals surface area contributed by atoms with Gasteiger partial charge in [0.25, 0.3) is 0 Å². The minimum absolute atomic E-state index is 0.0278. The highest BCUT2D eigenvalue weighted by Gasteiger charge is 2.25. The molecule has 2 rings (SSSR count). The van der Waals surface area contributed by atoms with Crippen molar-refractivity contribution in [2.75, 3.05) is 31.6 Å². The van der Waals surface area contributed by atoms with Crippen molar-refractivity contribution in [1.82, 2.24) is 4.90 Å². The Labute approximate surface area is 112 Å². The number of rotatable bonds is 2. The molecule has 1 atom stereocenters. The van der Waals surface area contributed by atoms with E-state index >= 15 is 0 Å². The van der Waals surface area contributed by atoms with Crippen LogP contribution < -0.4 is 4.90 Å². The highest BCUT2D eigenvalue weighted by atomic mass is 19.1. The molecule has 0 aromatic heterocycles. The minimum Gasteiger partial charge on any atom is -0.392 e. The molecule has 5 heteroatoms. The maximum atomic E-state index is 14.1. The summed E-state index contributed by atoms with van der Waals surface area (Å²) in [5.41, 5.74) is 0.290. The average Bonchev–Trinajstić information content (AvgIpc) is 2.50. The van der Waals surface area contributed by atoms with Crippen LogP contribution in [0.3, 0.4) is 0 Å². The Morgan fingerprint density at radius 1 is 1.26 bits per heavy atom. The number of likely N-dealkylation sites (N-methyl/N-ethyl adjacent to an activating group) is 1. The smallest absolute Gasteiger partial charge is 0.149 e. The molecule has 106 valence electrons. The second-order valence-corrected chi connectivity index (χ2v) is 5.22. The lowest BCUT2D eigenvalue weighted by Crippen LogP contribution is -2.39. The average molecular weight is 270 g/mol. The summed E-state index contributed by atoms with van der Waals surface area (Å²) in [5.74, 6) is -1.19. The van der Waals surface area contributed by atoms with Gasteiger partial charge in [-0.05, 0) is 44.6 Å². The van der Waals surface area contributed by atoms with Gasteiger partial charge >= 0.3 is 0 Å². The number of anilines is 1.